The van der Waals surface area contributed by atoms with Gasteiger partial charge in [0.05, 0.1) is 12.0 Å². The largest absolute Gasteiger partial charge is 0.306 e. The molecule has 1 heterocycles. The molecule has 3 nitrogen and oxygen atoms in total. The van der Waals surface area contributed by atoms with E-state index in [9.17, 15) is 0 Å². The Hall–Kier alpha value is -1.61. The van der Waals surface area contributed by atoms with Crippen molar-refractivity contribution in [2.45, 2.75) is 52.1 Å². The smallest absolute Gasteiger partial charge is 0.0994 e. The van der Waals surface area contributed by atoms with E-state index in [4.69, 9.17) is 0 Å². The summed E-state index contributed by atoms with van der Waals surface area (Å²) in [4.78, 5) is 4.32. The second-order valence-corrected chi connectivity index (χ2v) is 6.67. The average molecular weight is 269 g/mol. The van der Waals surface area contributed by atoms with Gasteiger partial charge in [0.15, 0.2) is 0 Å². The van der Waals surface area contributed by atoms with E-state index in [1.54, 1.807) is 0 Å². The fourth-order valence-corrected chi connectivity index (χ4v) is 2.75. The first-order chi connectivity index (χ1) is 9.53. The first-order valence-electron chi connectivity index (χ1n) is 7.41. The van der Waals surface area contributed by atoms with Crippen molar-refractivity contribution in [1.29, 1.82) is 0 Å². The van der Waals surface area contributed by atoms with Crippen molar-refractivity contribution < 1.29 is 0 Å². The summed E-state index contributed by atoms with van der Waals surface area (Å²) < 4.78 is 2.19. The lowest BCUT2D eigenvalue weighted by Crippen LogP contribution is -2.35. The minimum atomic E-state index is 0.118. The van der Waals surface area contributed by atoms with E-state index in [0.29, 0.717) is 0 Å². The van der Waals surface area contributed by atoms with E-state index in [0.717, 1.165) is 6.54 Å². The van der Waals surface area contributed by atoms with Crippen molar-refractivity contribution in [3.63, 3.8) is 0 Å². The molecule has 0 aliphatic heterocycles. The van der Waals surface area contributed by atoms with Gasteiger partial charge in [-0.25, -0.2) is 4.98 Å². The van der Waals surface area contributed by atoms with Crippen LogP contribution in [0.4, 0.5) is 0 Å². The molecule has 0 radical (unpaired) electrons. The maximum atomic E-state index is 4.32. The monoisotopic (exact) mass is 269 g/mol. The van der Waals surface area contributed by atoms with Crippen LogP contribution in [-0.2, 0) is 19.4 Å². The van der Waals surface area contributed by atoms with E-state index in [1.807, 2.05) is 12.5 Å². The molecule has 1 aromatic heterocycles. The van der Waals surface area contributed by atoms with Gasteiger partial charge in [-0.15, -0.1) is 0 Å². The SMILES string of the molecule is CC(C)(C)NCc1cncn1-c1ccc2c(c1)CCC2. The number of nitrogens with one attached hydrogen (secondary N) is 1. The predicted octanol–water partition coefficient (Wildman–Crippen LogP) is 3.25. The molecule has 20 heavy (non-hydrogen) atoms. The van der Waals surface area contributed by atoms with E-state index in [1.165, 1.54) is 41.8 Å². The molecule has 0 atom stereocenters. The summed E-state index contributed by atoms with van der Waals surface area (Å²) in [6.07, 6.45) is 7.61. The molecular formula is C17H23N3. The second-order valence-electron chi connectivity index (χ2n) is 6.67. The van der Waals surface area contributed by atoms with Crippen LogP contribution >= 0.6 is 0 Å². The van der Waals surface area contributed by atoms with Crippen LogP contribution in [0.1, 0.15) is 44.0 Å². The standard InChI is InChI=1S/C17H23N3/c1-17(2,3)19-11-16-10-18-12-20(16)15-8-7-13-5-4-6-14(13)9-15/h7-10,12,19H,4-6,11H2,1-3H3. The second kappa shape index (κ2) is 5.06. The summed E-state index contributed by atoms with van der Waals surface area (Å²) in [6, 6.07) is 6.82. The van der Waals surface area contributed by atoms with Gasteiger partial charge in [0.2, 0.25) is 0 Å². The molecule has 2 aromatic rings. The molecule has 3 heteroatoms. The van der Waals surface area contributed by atoms with Crippen LogP contribution in [-0.4, -0.2) is 15.1 Å². The first kappa shape index (κ1) is 13.4. The minimum absolute atomic E-state index is 0.118. The van der Waals surface area contributed by atoms with Crippen LogP contribution in [0, 0.1) is 0 Å². The number of aryl methyl sites for hydroxylation is 2. The normalized spacial score (nSPS) is 14.6. The Labute approximate surface area is 121 Å². The highest BCUT2D eigenvalue weighted by Crippen LogP contribution is 2.25. The Kier molecular flexibility index (Phi) is 3.38. The quantitative estimate of drug-likeness (QED) is 0.927. The fourth-order valence-electron chi connectivity index (χ4n) is 2.75. The topological polar surface area (TPSA) is 29.9 Å². The Morgan fingerprint density at radius 1 is 1.20 bits per heavy atom. The molecule has 0 saturated carbocycles. The molecule has 0 fully saturated rings. The number of hydrogen-bond donors (Lipinski definition) is 1. The molecule has 1 N–H and O–H groups in total. The maximum absolute atomic E-state index is 4.32. The number of rotatable bonds is 3. The van der Waals surface area contributed by atoms with Gasteiger partial charge in [-0.1, -0.05) is 6.07 Å². The molecule has 1 aromatic carbocycles. The zero-order chi connectivity index (χ0) is 14.2. The summed E-state index contributed by atoms with van der Waals surface area (Å²) in [5.74, 6) is 0. The van der Waals surface area contributed by atoms with E-state index in [-0.39, 0.29) is 5.54 Å². The molecule has 0 saturated heterocycles. The number of benzene rings is 1. The molecule has 1 aliphatic rings. The minimum Gasteiger partial charge on any atom is -0.306 e. The lowest BCUT2D eigenvalue weighted by molar-refractivity contribution is 0.419. The third-order valence-electron chi connectivity index (χ3n) is 3.88. The fraction of sp³-hybridized carbons (Fsp3) is 0.471. The van der Waals surface area contributed by atoms with Crippen molar-refractivity contribution in [1.82, 2.24) is 14.9 Å². The molecular weight excluding hydrogens is 246 g/mol. The van der Waals surface area contributed by atoms with Crippen LogP contribution in [0.15, 0.2) is 30.7 Å². The number of nitrogens with zero attached hydrogens (tertiary/aromatic N) is 2. The highest BCUT2D eigenvalue weighted by atomic mass is 15.1. The molecule has 0 spiro atoms. The molecule has 106 valence electrons. The van der Waals surface area contributed by atoms with E-state index in [2.05, 4.69) is 53.8 Å². The molecule has 3 rings (SSSR count). The lowest BCUT2D eigenvalue weighted by atomic mass is 10.1. The number of fused-ring (bicyclic) bond motifs is 1. The highest BCUT2D eigenvalue weighted by molar-refractivity contribution is 5.43. The van der Waals surface area contributed by atoms with Gasteiger partial charge in [-0.3, -0.25) is 0 Å². The third-order valence-corrected chi connectivity index (χ3v) is 3.88. The summed E-state index contributed by atoms with van der Waals surface area (Å²) in [5, 5.41) is 3.53. The van der Waals surface area contributed by atoms with Crippen molar-refractivity contribution >= 4 is 0 Å². The van der Waals surface area contributed by atoms with Gasteiger partial charge in [0, 0.05) is 24.0 Å². The van der Waals surface area contributed by atoms with Crippen molar-refractivity contribution in [2.24, 2.45) is 0 Å². The van der Waals surface area contributed by atoms with Crippen LogP contribution < -0.4 is 5.32 Å². The third kappa shape index (κ3) is 2.78. The zero-order valence-electron chi connectivity index (χ0n) is 12.6. The first-order valence-corrected chi connectivity index (χ1v) is 7.41. The van der Waals surface area contributed by atoms with Gasteiger partial charge >= 0.3 is 0 Å². The van der Waals surface area contributed by atoms with Gasteiger partial charge < -0.3 is 9.88 Å². The lowest BCUT2D eigenvalue weighted by Gasteiger charge is -2.21. The Morgan fingerprint density at radius 3 is 2.80 bits per heavy atom. The molecule has 0 bridgehead atoms. The Bertz CT molecular complexity index is 605. The highest BCUT2D eigenvalue weighted by Gasteiger charge is 2.14. The van der Waals surface area contributed by atoms with Crippen molar-refractivity contribution in [3.8, 4) is 5.69 Å². The Morgan fingerprint density at radius 2 is 2.00 bits per heavy atom. The molecule has 0 unspecified atom stereocenters. The van der Waals surface area contributed by atoms with Gasteiger partial charge in [0.25, 0.3) is 0 Å². The van der Waals surface area contributed by atoms with Gasteiger partial charge in [-0.05, 0) is 63.3 Å². The van der Waals surface area contributed by atoms with E-state index < -0.39 is 0 Å². The molecule has 0 amide bonds. The van der Waals surface area contributed by atoms with Gasteiger partial charge in [0.1, 0.15) is 0 Å². The average Bonchev–Trinajstić information content (AvgIpc) is 3.03. The van der Waals surface area contributed by atoms with Crippen molar-refractivity contribution in [3.05, 3.63) is 47.5 Å². The van der Waals surface area contributed by atoms with Crippen LogP contribution in [0.25, 0.3) is 5.69 Å². The van der Waals surface area contributed by atoms with Gasteiger partial charge in [-0.2, -0.15) is 0 Å². The predicted molar refractivity (Wildman–Crippen MR) is 82.2 cm³/mol. The van der Waals surface area contributed by atoms with Crippen LogP contribution in [0.5, 0.6) is 0 Å². The number of hydrogen-bond acceptors (Lipinski definition) is 2. The Balaban J connectivity index is 1.86. The summed E-state index contributed by atoms with van der Waals surface area (Å²) in [5.41, 5.74) is 5.58. The number of aromatic nitrogens is 2. The number of imidazole rings is 1. The van der Waals surface area contributed by atoms with Crippen LogP contribution in [0.3, 0.4) is 0 Å². The summed E-state index contributed by atoms with van der Waals surface area (Å²) in [6.45, 7) is 7.38. The zero-order valence-corrected chi connectivity index (χ0v) is 12.6. The molecule has 1 aliphatic carbocycles. The summed E-state index contributed by atoms with van der Waals surface area (Å²) >= 11 is 0. The summed E-state index contributed by atoms with van der Waals surface area (Å²) in [7, 11) is 0. The van der Waals surface area contributed by atoms with E-state index >= 15 is 0 Å². The van der Waals surface area contributed by atoms with Crippen LogP contribution in [0.2, 0.25) is 0 Å². The van der Waals surface area contributed by atoms with Crippen molar-refractivity contribution in [2.75, 3.05) is 0 Å². The maximum Gasteiger partial charge on any atom is 0.0994 e.